The molecule has 1 aliphatic rings. The lowest BCUT2D eigenvalue weighted by Gasteiger charge is -2.16. The Labute approximate surface area is 137 Å². The first-order valence-electron chi connectivity index (χ1n) is 7.92. The van der Waals surface area contributed by atoms with Crippen LogP contribution in [0.3, 0.4) is 0 Å². The second-order valence-corrected chi connectivity index (χ2v) is 6.86. The summed E-state index contributed by atoms with van der Waals surface area (Å²) >= 11 is 1.58. The Bertz CT molecular complexity index is 923. The third-order valence-electron chi connectivity index (χ3n) is 4.30. The molecule has 7 heteroatoms. The average Bonchev–Trinajstić information content (AvgIpc) is 2.93. The molecule has 4 rings (SSSR count). The zero-order chi connectivity index (χ0) is 15.8. The van der Waals surface area contributed by atoms with Crippen molar-refractivity contribution in [3.05, 3.63) is 23.8 Å². The molecule has 6 nitrogen and oxygen atoms in total. The number of hydrogen-bond acceptors (Lipinski definition) is 6. The molecule has 0 bridgehead atoms. The molecule has 1 aromatic carbocycles. The fourth-order valence-electron chi connectivity index (χ4n) is 3.12. The highest BCUT2D eigenvalue weighted by atomic mass is 32.1. The molecule has 2 heterocycles. The molecule has 0 unspecified atom stereocenters. The lowest BCUT2D eigenvalue weighted by molar-refractivity contribution is 0.415. The summed E-state index contributed by atoms with van der Waals surface area (Å²) in [6.45, 7) is 0. The Morgan fingerprint density at radius 3 is 2.87 bits per heavy atom. The van der Waals surface area contributed by atoms with E-state index in [1.165, 1.54) is 19.3 Å². The van der Waals surface area contributed by atoms with Crippen molar-refractivity contribution in [2.75, 3.05) is 12.8 Å². The topological polar surface area (TPSA) is 77.8 Å². The maximum Gasteiger partial charge on any atom is 0.244 e. The van der Waals surface area contributed by atoms with Gasteiger partial charge in [0.1, 0.15) is 5.75 Å². The van der Waals surface area contributed by atoms with Crippen LogP contribution in [0.15, 0.2) is 23.2 Å². The van der Waals surface area contributed by atoms with Crippen LogP contribution in [0, 0.1) is 0 Å². The summed E-state index contributed by atoms with van der Waals surface area (Å²) in [7, 11) is 1.67. The van der Waals surface area contributed by atoms with Gasteiger partial charge in [-0.05, 0) is 42.6 Å². The lowest BCUT2D eigenvalue weighted by atomic mass is 9.96. The summed E-state index contributed by atoms with van der Waals surface area (Å²) in [5.41, 5.74) is 7.40. The van der Waals surface area contributed by atoms with Gasteiger partial charge in [0, 0.05) is 5.39 Å². The maximum absolute atomic E-state index is 5.92. The van der Waals surface area contributed by atoms with Gasteiger partial charge in [-0.15, -0.1) is 0 Å². The standard InChI is InChI=1S/C16H19N5OS/c1-22-11-7-8-12-13(9-11)23-21-14(12)19-15(17)20-16(21)18-10-5-3-2-4-6-10/h7-10H,2-6H2,1H3,(H2,17,18,20). The van der Waals surface area contributed by atoms with Crippen LogP contribution < -0.4 is 16.1 Å². The minimum Gasteiger partial charge on any atom is -0.497 e. The van der Waals surface area contributed by atoms with Crippen molar-refractivity contribution >= 4 is 33.2 Å². The third kappa shape index (κ3) is 2.65. The molecule has 0 radical (unpaired) electrons. The number of nitrogens with two attached hydrogens (primary N) is 1. The Kier molecular flexibility index (Phi) is 3.65. The van der Waals surface area contributed by atoms with E-state index in [2.05, 4.69) is 9.97 Å². The number of methoxy groups -OCH3 is 1. The molecule has 1 fully saturated rings. The van der Waals surface area contributed by atoms with Crippen LogP contribution in [0.25, 0.3) is 15.7 Å². The third-order valence-corrected chi connectivity index (χ3v) is 5.35. The molecule has 3 aromatic rings. The number of nitrogens with zero attached hydrogens (tertiary/aromatic N) is 4. The van der Waals surface area contributed by atoms with E-state index in [0.29, 0.717) is 11.7 Å². The summed E-state index contributed by atoms with van der Waals surface area (Å²) in [6.07, 6.45) is 6.05. The minimum absolute atomic E-state index is 0.273. The summed E-state index contributed by atoms with van der Waals surface area (Å²) in [6, 6.07) is 6.30. The Balaban J connectivity index is 1.94. The van der Waals surface area contributed by atoms with Gasteiger partial charge in [-0.2, -0.15) is 9.97 Å². The van der Waals surface area contributed by atoms with Crippen molar-refractivity contribution in [1.82, 2.24) is 13.8 Å². The highest BCUT2D eigenvalue weighted by Crippen LogP contribution is 2.28. The van der Waals surface area contributed by atoms with E-state index in [1.54, 1.807) is 18.6 Å². The first-order chi connectivity index (χ1) is 11.2. The molecule has 2 aromatic heterocycles. The van der Waals surface area contributed by atoms with Crippen LogP contribution >= 0.6 is 11.5 Å². The Morgan fingerprint density at radius 1 is 1.26 bits per heavy atom. The van der Waals surface area contributed by atoms with Gasteiger partial charge < -0.3 is 10.5 Å². The number of rotatable bonds is 2. The molecular weight excluding hydrogens is 310 g/mol. The largest absolute Gasteiger partial charge is 0.497 e. The van der Waals surface area contributed by atoms with E-state index < -0.39 is 0 Å². The summed E-state index contributed by atoms with van der Waals surface area (Å²) in [4.78, 5) is 13.6. The number of ether oxygens (including phenoxy) is 1. The second kappa shape index (κ2) is 5.81. The van der Waals surface area contributed by atoms with Gasteiger partial charge in [0.2, 0.25) is 11.6 Å². The highest BCUT2D eigenvalue weighted by molar-refractivity contribution is 7.14. The number of nitrogen functional groups attached to an aromatic ring is 1. The van der Waals surface area contributed by atoms with Gasteiger partial charge in [0.25, 0.3) is 0 Å². The van der Waals surface area contributed by atoms with E-state index in [0.717, 1.165) is 34.3 Å². The van der Waals surface area contributed by atoms with Gasteiger partial charge in [0.05, 0.1) is 17.9 Å². The van der Waals surface area contributed by atoms with Crippen LogP contribution in [-0.2, 0) is 0 Å². The average molecular weight is 329 g/mol. The predicted molar refractivity (Wildman–Crippen MR) is 91.8 cm³/mol. The quantitative estimate of drug-likeness (QED) is 0.784. The van der Waals surface area contributed by atoms with Gasteiger partial charge in [-0.25, -0.2) is 8.78 Å². The zero-order valence-electron chi connectivity index (χ0n) is 13.0. The lowest BCUT2D eigenvalue weighted by Crippen LogP contribution is -2.24. The van der Waals surface area contributed by atoms with Crippen LogP contribution in [0.1, 0.15) is 32.1 Å². The fourth-order valence-corrected chi connectivity index (χ4v) is 4.14. The van der Waals surface area contributed by atoms with Crippen molar-refractivity contribution in [2.45, 2.75) is 38.1 Å². The van der Waals surface area contributed by atoms with Crippen molar-refractivity contribution in [1.29, 1.82) is 0 Å². The van der Waals surface area contributed by atoms with Crippen LogP contribution in [0.5, 0.6) is 5.75 Å². The van der Waals surface area contributed by atoms with Crippen molar-refractivity contribution in [3.63, 3.8) is 0 Å². The first-order valence-corrected chi connectivity index (χ1v) is 8.69. The molecule has 0 amide bonds. The molecule has 1 aliphatic carbocycles. The normalized spacial score (nSPS) is 17.2. The summed E-state index contributed by atoms with van der Waals surface area (Å²) in [5, 5.41) is 1.05. The predicted octanol–water partition coefficient (Wildman–Crippen LogP) is 2.77. The smallest absolute Gasteiger partial charge is 0.244 e. The van der Waals surface area contributed by atoms with Gasteiger partial charge in [-0.3, -0.25) is 0 Å². The zero-order valence-corrected chi connectivity index (χ0v) is 13.8. The first kappa shape index (κ1) is 14.4. The van der Waals surface area contributed by atoms with E-state index in [4.69, 9.17) is 15.5 Å². The van der Waals surface area contributed by atoms with Crippen LogP contribution in [-0.4, -0.2) is 26.9 Å². The van der Waals surface area contributed by atoms with Crippen LogP contribution in [0.2, 0.25) is 0 Å². The molecule has 1 saturated carbocycles. The van der Waals surface area contributed by atoms with E-state index in [9.17, 15) is 0 Å². The van der Waals surface area contributed by atoms with E-state index in [-0.39, 0.29) is 5.95 Å². The Hall–Kier alpha value is -2.15. The molecule has 0 saturated heterocycles. The number of fused-ring (bicyclic) bond motifs is 3. The van der Waals surface area contributed by atoms with Crippen molar-refractivity contribution in [3.8, 4) is 5.75 Å². The number of hydrogen-bond donors (Lipinski definition) is 1. The maximum atomic E-state index is 5.92. The molecule has 120 valence electrons. The summed E-state index contributed by atoms with van der Waals surface area (Å²) < 4.78 is 8.38. The molecule has 0 aliphatic heterocycles. The fraction of sp³-hybridized carbons (Fsp3) is 0.438. The number of aromatic nitrogens is 3. The SMILES string of the molecule is COc1ccc2c(c1)sn1c(=NC3CCCCC3)nc(N)nc21. The Morgan fingerprint density at radius 2 is 2.09 bits per heavy atom. The summed E-state index contributed by atoms with van der Waals surface area (Å²) in [5.74, 6) is 1.10. The van der Waals surface area contributed by atoms with E-state index in [1.807, 2.05) is 22.0 Å². The van der Waals surface area contributed by atoms with Gasteiger partial charge in [0.15, 0.2) is 5.65 Å². The molecule has 0 atom stereocenters. The van der Waals surface area contributed by atoms with E-state index >= 15 is 0 Å². The monoisotopic (exact) mass is 329 g/mol. The highest BCUT2D eigenvalue weighted by Gasteiger charge is 2.14. The second-order valence-electron chi connectivity index (χ2n) is 5.87. The van der Waals surface area contributed by atoms with Gasteiger partial charge >= 0.3 is 0 Å². The van der Waals surface area contributed by atoms with Crippen molar-refractivity contribution in [2.24, 2.45) is 4.99 Å². The molecule has 0 spiro atoms. The minimum atomic E-state index is 0.273. The van der Waals surface area contributed by atoms with Crippen LogP contribution in [0.4, 0.5) is 5.95 Å². The number of benzene rings is 1. The molecule has 23 heavy (non-hydrogen) atoms. The number of anilines is 1. The van der Waals surface area contributed by atoms with Crippen molar-refractivity contribution < 1.29 is 4.74 Å². The molecule has 2 N–H and O–H groups in total. The molecular formula is C16H19N5OS. The van der Waals surface area contributed by atoms with Gasteiger partial charge in [-0.1, -0.05) is 19.3 Å².